The monoisotopic (exact) mass is 303 g/mol. The summed E-state index contributed by atoms with van der Waals surface area (Å²) in [5.74, 6) is -0.298. The molecule has 21 heavy (non-hydrogen) atoms. The van der Waals surface area contributed by atoms with Crippen LogP contribution >= 0.6 is 11.6 Å². The van der Waals surface area contributed by atoms with E-state index in [-0.39, 0.29) is 11.9 Å². The number of hydrogen-bond acceptors (Lipinski definition) is 3. The van der Waals surface area contributed by atoms with Gasteiger partial charge in [0.15, 0.2) is 0 Å². The number of benzene rings is 2. The fourth-order valence-corrected chi connectivity index (χ4v) is 2.58. The zero-order chi connectivity index (χ0) is 14.8. The van der Waals surface area contributed by atoms with Gasteiger partial charge in [-0.1, -0.05) is 23.7 Å². The first-order chi connectivity index (χ1) is 10.2. The fraction of sp³-hybridized carbons (Fsp3) is 0.188. The van der Waals surface area contributed by atoms with E-state index in [0.717, 1.165) is 11.3 Å². The minimum absolute atomic E-state index is 0.0224. The third-order valence-electron chi connectivity index (χ3n) is 3.48. The third kappa shape index (κ3) is 2.77. The number of nitrogens with one attached hydrogen (secondary N) is 1. The number of anilines is 1. The summed E-state index contributed by atoms with van der Waals surface area (Å²) in [4.78, 5) is 4.56. The van der Waals surface area contributed by atoms with Crippen molar-refractivity contribution in [2.45, 2.75) is 6.04 Å². The molecular formula is C16H15ClFN3. The Morgan fingerprint density at radius 2 is 2.05 bits per heavy atom. The summed E-state index contributed by atoms with van der Waals surface area (Å²) in [6.45, 7) is 0.947. The molecule has 1 aliphatic rings. The predicted octanol–water partition coefficient (Wildman–Crippen LogP) is 3.07. The van der Waals surface area contributed by atoms with Gasteiger partial charge >= 0.3 is 0 Å². The normalized spacial score (nSPS) is 17.5. The average molecular weight is 304 g/mol. The lowest BCUT2D eigenvalue weighted by atomic mass is 10.00. The van der Waals surface area contributed by atoms with Crippen LogP contribution in [-0.2, 0) is 0 Å². The second kappa shape index (κ2) is 5.84. The maximum absolute atomic E-state index is 14.1. The van der Waals surface area contributed by atoms with Crippen molar-refractivity contribution in [2.75, 3.05) is 18.4 Å². The van der Waals surface area contributed by atoms with Crippen LogP contribution in [0.3, 0.4) is 0 Å². The van der Waals surface area contributed by atoms with E-state index < -0.39 is 0 Å². The highest BCUT2D eigenvalue weighted by molar-refractivity contribution is 6.31. The Labute approximate surface area is 127 Å². The van der Waals surface area contributed by atoms with Crippen LogP contribution in [0.2, 0.25) is 5.02 Å². The molecule has 1 aliphatic heterocycles. The first-order valence-corrected chi connectivity index (χ1v) is 7.12. The maximum Gasteiger partial charge on any atom is 0.132 e. The molecule has 1 atom stereocenters. The molecule has 3 nitrogen and oxygen atoms in total. The smallest absolute Gasteiger partial charge is 0.132 e. The Morgan fingerprint density at radius 3 is 2.81 bits per heavy atom. The molecule has 3 N–H and O–H groups in total. The summed E-state index contributed by atoms with van der Waals surface area (Å²) >= 11 is 6.09. The number of fused-ring (bicyclic) bond motifs is 1. The number of benzodiazepines with no additional fused rings is 1. The molecule has 0 saturated carbocycles. The van der Waals surface area contributed by atoms with Crippen LogP contribution < -0.4 is 11.1 Å². The lowest BCUT2D eigenvalue weighted by Crippen LogP contribution is -2.31. The van der Waals surface area contributed by atoms with Gasteiger partial charge in [-0.15, -0.1) is 0 Å². The molecule has 1 unspecified atom stereocenters. The summed E-state index contributed by atoms with van der Waals surface area (Å²) in [5, 5.41) is 3.92. The van der Waals surface area contributed by atoms with Crippen molar-refractivity contribution in [3.8, 4) is 0 Å². The summed E-state index contributed by atoms with van der Waals surface area (Å²) in [5.41, 5.74) is 8.48. The van der Waals surface area contributed by atoms with Crippen molar-refractivity contribution in [1.29, 1.82) is 0 Å². The summed E-state index contributed by atoms with van der Waals surface area (Å²) in [6.07, 6.45) is 0. The number of halogens is 2. The Balaban J connectivity index is 2.18. The van der Waals surface area contributed by atoms with Crippen LogP contribution in [0.15, 0.2) is 47.5 Å². The molecule has 0 fully saturated rings. The molecule has 1 heterocycles. The van der Waals surface area contributed by atoms with Gasteiger partial charge in [-0.3, -0.25) is 4.99 Å². The van der Waals surface area contributed by atoms with Crippen LogP contribution in [0.1, 0.15) is 11.1 Å². The minimum atomic E-state index is -0.298. The summed E-state index contributed by atoms with van der Waals surface area (Å²) in [7, 11) is 0. The first kappa shape index (κ1) is 14.0. The second-order valence-corrected chi connectivity index (χ2v) is 5.37. The molecule has 2 aromatic carbocycles. The zero-order valence-corrected chi connectivity index (χ0v) is 12.1. The Bertz CT molecular complexity index is 700. The minimum Gasteiger partial charge on any atom is -0.379 e. The Morgan fingerprint density at radius 1 is 1.24 bits per heavy atom. The number of rotatable bonds is 2. The molecule has 108 valence electrons. The van der Waals surface area contributed by atoms with E-state index in [1.165, 1.54) is 6.07 Å². The van der Waals surface area contributed by atoms with Crippen LogP contribution in [0, 0.1) is 5.82 Å². The van der Waals surface area contributed by atoms with Gasteiger partial charge in [0.05, 0.1) is 18.3 Å². The Kier molecular flexibility index (Phi) is 3.90. The molecule has 5 heteroatoms. The number of hydrogen-bond donors (Lipinski definition) is 2. The SMILES string of the molecule is NCC1CN=C(c2ccccc2F)c2cc(Cl)ccc2N1. The van der Waals surface area contributed by atoms with Crippen molar-refractivity contribution in [3.05, 3.63) is 64.4 Å². The molecule has 0 aromatic heterocycles. The summed E-state index contributed by atoms with van der Waals surface area (Å²) < 4.78 is 14.1. The van der Waals surface area contributed by atoms with Gasteiger partial charge in [-0.05, 0) is 30.3 Å². The van der Waals surface area contributed by atoms with E-state index in [9.17, 15) is 4.39 Å². The van der Waals surface area contributed by atoms with Crippen molar-refractivity contribution in [2.24, 2.45) is 10.7 Å². The van der Waals surface area contributed by atoms with Crippen molar-refractivity contribution in [3.63, 3.8) is 0 Å². The highest BCUT2D eigenvalue weighted by Gasteiger charge is 2.20. The van der Waals surface area contributed by atoms with Crippen LogP contribution in [0.5, 0.6) is 0 Å². The van der Waals surface area contributed by atoms with Crippen LogP contribution in [-0.4, -0.2) is 24.8 Å². The van der Waals surface area contributed by atoms with Crippen LogP contribution in [0.4, 0.5) is 10.1 Å². The molecule has 2 aromatic rings. The van der Waals surface area contributed by atoms with Gasteiger partial charge in [0.2, 0.25) is 0 Å². The van der Waals surface area contributed by atoms with Gasteiger partial charge < -0.3 is 11.1 Å². The van der Waals surface area contributed by atoms with Crippen molar-refractivity contribution >= 4 is 23.0 Å². The zero-order valence-electron chi connectivity index (χ0n) is 11.3. The molecule has 3 rings (SSSR count). The van der Waals surface area contributed by atoms with Gasteiger partial charge in [0.25, 0.3) is 0 Å². The number of aliphatic imine (C=N–C) groups is 1. The molecule has 0 aliphatic carbocycles. The highest BCUT2D eigenvalue weighted by Crippen LogP contribution is 2.27. The van der Waals surface area contributed by atoms with Crippen molar-refractivity contribution in [1.82, 2.24) is 0 Å². The van der Waals surface area contributed by atoms with Crippen molar-refractivity contribution < 1.29 is 4.39 Å². The summed E-state index contributed by atoms with van der Waals surface area (Å²) in [6, 6.07) is 12.1. The molecule has 0 spiro atoms. The standard InChI is InChI=1S/C16H15ClFN3/c17-10-5-6-15-13(7-10)16(20-9-11(8-19)21-15)12-3-1-2-4-14(12)18/h1-7,11,21H,8-9,19H2. The number of nitrogens with zero attached hydrogens (tertiary/aromatic N) is 1. The lowest BCUT2D eigenvalue weighted by molar-refractivity contribution is 0.625. The fourth-order valence-electron chi connectivity index (χ4n) is 2.41. The van der Waals surface area contributed by atoms with Crippen LogP contribution in [0.25, 0.3) is 0 Å². The van der Waals surface area contributed by atoms with Gasteiger partial charge in [0.1, 0.15) is 5.82 Å². The number of nitrogens with two attached hydrogens (primary N) is 1. The highest BCUT2D eigenvalue weighted by atomic mass is 35.5. The maximum atomic E-state index is 14.1. The molecular weight excluding hydrogens is 289 g/mol. The average Bonchev–Trinajstić information content (AvgIpc) is 2.67. The topological polar surface area (TPSA) is 50.4 Å². The molecule has 0 radical (unpaired) electrons. The van der Waals surface area contributed by atoms with E-state index >= 15 is 0 Å². The van der Waals surface area contributed by atoms with E-state index in [2.05, 4.69) is 10.3 Å². The van der Waals surface area contributed by atoms with Gasteiger partial charge in [0, 0.05) is 28.4 Å². The van der Waals surface area contributed by atoms with E-state index in [1.807, 2.05) is 6.07 Å². The van der Waals surface area contributed by atoms with E-state index in [0.29, 0.717) is 29.4 Å². The van der Waals surface area contributed by atoms with Gasteiger partial charge in [-0.25, -0.2) is 4.39 Å². The van der Waals surface area contributed by atoms with E-state index in [4.69, 9.17) is 17.3 Å². The lowest BCUT2D eigenvalue weighted by Gasteiger charge is -2.15. The second-order valence-electron chi connectivity index (χ2n) is 4.94. The molecule has 0 saturated heterocycles. The molecule has 0 bridgehead atoms. The molecule has 0 amide bonds. The third-order valence-corrected chi connectivity index (χ3v) is 3.71. The predicted molar refractivity (Wildman–Crippen MR) is 84.8 cm³/mol. The Hall–Kier alpha value is -1.91. The van der Waals surface area contributed by atoms with E-state index in [1.54, 1.807) is 30.3 Å². The largest absolute Gasteiger partial charge is 0.379 e. The first-order valence-electron chi connectivity index (χ1n) is 6.75. The quantitative estimate of drug-likeness (QED) is 0.896. The van der Waals surface area contributed by atoms with Gasteiger partial charge in [-0.2, -0.15) is 0 Å².